The Labute approximate surface area is 169 Å². The molecule has 2 aromatic carbocycles. The van der Waals surface area contributed by atoms with Crippen molar-refractivity contribution >= 4 is 16.6 Å². The monoisotopic (exact) mass is 385 g/mol. The van der Waals surface area contributed by atoms with E-state index in [0.29, 0.717) is 5.56 Å². The molecule has 0 amide bonds. The summed E-state index contributed by atoms with van der Waals surface area (Å²) in [5.74, 6) is -0.364. The second kappa shape index (κ2) is 6.96. The summed E-state index contributed by atoms with van der Waals surface area (Å²) in [6.07, 6.45) is 9.79. The zero-order chi connectivity index (χ0) is 20.0. The number of hydrogen-bond donors (Lipinski definition) is 0. The fourth-order valence-corrected chi connectivity index (χ4v) is 4.33. The molecule has 144 valence electrons. The number of Topliss-reactive ketones (excluding diaryl/α,β-unsaturated/α-hetero) is 1. The molecule has 2 unspecified atom stereocenters. The van der Waals surface area contributed by atoms with Crippen LogP contribution in [0.3, 0.4) is 0 Å². The van der Waals surface area contributed by atoms with Crippen LogP contribution in [0.15, 0.2) is 79.4 Å². The molecule has 0 aliphatic heterocycles. The normalized spacial score (nSPS) is 17.3. The van der Waals surface area contributed by atoms with Crippen molar-refractivity contribution in [1.82, 2.24) is 4.57 Å². The SMILES string of the molecule is CC(c1ccccc1)n1cc2cc[n+](C3CCc4ccc(F)cc4C3=O)cc2c1. The minimum absolute atomic E-state index is 0.00723. The second-order valence-corrected chi connectivity index (χ2v) is 7.81. The fourth-order valence-electron chi connectivity index (χ4n) is 4.33. The predicted molar refractivity (Wildman–Crippen MR) is 110 cm³/mol. The molecule has 2 atom stereocenters. The number of hydrogen-bond acceptors (Lipinski definition) is 1. The molecule has 3 nitrogen and oxygen atoms in total. The van der Waals surface area contributed by atoms with Crippen LogP contribution in [-0.4, -0.2) is 10.4 Å². The molecule has 5 rings (SSSR count). The minimum Gasteiger partial charge on any atom is -0.346 e. The lowest BCUT2D eigenvalue weighted by molar-refractivity contribution is -0.707. The van der Waals surface area contributed by atoms with Crippen LogP contribution in [0.4, 0.5) is 4.39 Å². The van der Waals surface area contributed by atoms with E-state index in [4.69, 9.17) is 0 Å². The summed E-state index contributed by atoms with van der Waals surface area (Å²) in [5.41, 5.74) is 2.71. The number of nitrogens with zero attached hydrogens (tertiary/aromatic N) is 2. The van der Waals surface area contributed by atoms with Crippen molar-refractivity contribution in [2.45, 2.75) is 31.8 Å². The van der Waals surface area contributed by atoms with Gasteiger partial charge in [0.25, 0.3) is 0 Å². The molecule has 0 spiro atoms. The average molecular weight is 385 g/mol. The van der Waals surface area contributed by atoms with Crippen LogP contribution >= 0.6 is 0 Å². The molecule has 4 heteroatoms. The molecule has 1 aliphatic rings. The van der Waals surface area contributed by atoms with E-state index >= 15 is 0 Å². The van der Waals surface area contributed by atoms with Crippen LogP contribution in [0.2, 0.25) is 0 Å². The van der Waals surface area contributed by atoms with Crippen LogP contribution in [-0.2, 0) is 6.42 Å². The van der Waals surface area contributed by atoms with Crippen LogP contribution < -0.4 is 4.57 Å². The lowest BCUT2D eigenvalue weighted by atomic mass is 9.87. The highest BCUT2D eigenvalue weighted by Gasteiger charge is 2.34. The van der Waals surface area contributed by atoms with E-state index < -0.39 is 0 Å². The van der Waals surface area contributed by atoms with Crippen LogP contribution in [0, 0.1) is 5.82 Å². The number of pyridine rings is 1. The Bertz CT molecular complexity index is 1210. The van der Waals surface area contributed by atoms with Crippen molar-refractivity contribution in [2.75, 3.05) is 0 Å². The summed E-state index contributed by atoms with van der Waals surface area (Å²) < 4.78 is 17.9. The van der Waals surface area contributed by atoms with Gasteiger partial charge in [0.1, 0.15) is 5.82 Å². The first-order valence-corrected chi connectivity index (χ1v) is 10.00. The highest BCUT2D eigenvalue weighted by atomic mass is 19.1. The summed E-state index contributed by atoms with van der Waals surface area (Å²) in [6.45, 7) is 2.18. The topological polar surface area (TPSA) is 25.9 Å². The molecule has 2 heterocycles. The van der Waals surface area contributed by atoms with Gasteiger partial charge in [0.2, 0.25) is 11.8 Å². The van der Waals surface area contributed by atoms with Gasteiger partial charge in [0, 0.05) is 35.8 Å². The molecule has 0 N–H and O–H groups in total. The maximum atomic E-state index is 13.7. The maximum Gasteiger partial charge on any atom is 0.230 e. The third-order valence-corrected chi connectivity index (χ3v) is 6.04. The van der Waals surface area contributed by atoms with E-state index in [-0.39, 0.29) is 23.7 Å². The van der Waals surface area contributed by atoms with E-state index in [2.05, 4.69) is 54.2 Å². The number of ketones is 1. The summed E-state index contributed by atoms with van der Waals surface area (Å²) in [7, 11) is 0. The molecule has 1 aliphatic carbocycles. The summed E-state index contributed by atoms with van der Waals surface area (Å²) in [4.78, 5) is 13.0. The number of benzene rings is 2. The van der Waals surface area contributed by atoms with Gasteiger partial charge in [-0.3, -0.25) is 4.79 Å². The van der Waals surface area contributed by atoms with Crippen molar-refractivity contribution in [2.24, 2.45) is 0 Å². The maximum absolute atomic E-state index is 13.7. The number of halogens is 1. The Kier molecular flexibility index (Phi) is 4.27. The van der Waals surface area contributed by atoms with Crippen molar-refractivity contribution < 1.29 is 13.8 Å². The first-order chi connectivity index (χ1) is 14.1. The van der Waals surface area contributed by atoms with Crippen LogP contribution in [0.25, 0.3) is 10.8 Å². The van der Waals surface area contributed by atoms with Gasteiger partial charge in [-0.15, -0.1) is 0 Å². The molecule has 0 bridgehead atoms. The minimum atomic E-state index is -0.356. The van der Waals surface area contributed by atoms with Crippen LogP contribution in [0.1, 0.15) is 46.9 Å². The zero-order valence-corrected chi connectivity index (χ0v) is 16.3. The second-order valence-electron chi connectivity index (χ2n) is 7.81. The summed E-state index contributed by atoms with van der Waals surface area (Å²) in [6, 6.07) is 16.9. The molecule has 2 aromatic heterocycles. The first kappa shape index (κ1) is 17.8. The highest BCUT2D eigenvalue weighted by molar-refractivity contribution is 6.00. The Balaban J connectivity index is 1.48. The predicted octanol–water partition coefficient (Wildman–Crippen LogP) is 5.05. The number of fused-ring (bicyclic) bond motifs is 2. The smallest absolute Gasteiger partial charge is 0.230 e. The Morgan fingerprint density at radius 2 is 1.86 bits per heavy atom. The largest absolute Gasteiger partial charge is 0.346 e. The van der Waals surface area contributed by atoms with Gasteiger partial charge in [0.05, 0.1) is 11.4 Å². The van der Waals surface area contributed by atoms with Crippen molar-refractivity contribution in [1.29, 1.82) is 0 Å². The average Bonchev–Trinajstić information content (AvgIpc) is 3.18. The number of carbonyl (C=O) groups excluding carboxylic acids is 1. The van der Waals surface area contributed by atoms with E-state index in [9.17, 15) is 9.18 Å². The van der Waals surface area contributed by atoms with Crippen molar-refractivity contribution in [3.63, 3.8) is 0 Å². The Morgan fingerprint density at radius 3 is 2.69 bits per heavy atom. The third kappa shape index (κ3) is 3.15. The molecular weight excluding hydrogens is 363 g/mol. The van der Waals surface area contributed by atoms with Crippen molar-refractivity contribution in [3.05, 3.63) is 102 Å². The molecule has 0 fully saturated rings. The quantitative estimate of drug-likeness (QED) is 0.453. The summed E-state index contributed by atoms with van der Waals surface area (Å²) in [5, 5.41) is 2.23. The summed E-state index contributed by atoms with van der Waals surface area (Å²) >= 11 is 0. The van der Waals surface area contributed by atoms with Gasteiger partial charge >= 0.3 is 0 Å². The highest BCUT2D eigenvalue weighted by Crippen LogP contribution is 2.28. The van der Waals surface area contributed by atoms with Gasteiger partial charge in [-0.1, -0.05) is 36.4 Å². The van der Waals surface area contributed by atoms with Gasteiger partial charge in [-0.05, 0) is 36.6 Å². The van der Waals surface area contributed by atoms with E-state index in [1.807, 2.05) is 23.0 Å². The molecule has 0 saturated carbocycles. The zero-order valence-electron chi connectivity index (χ0n) is 16.3. The number of aromatic nitrogens is 2. The van der Waals surface area contributed by atoms with Gasteiger partial charge < -0.3 is 4.57 Å². The lowest BCUT2D eigenvalue weighted by Gasteiger charge is -2.19. The third-order valence-electron chi connectivity index (χ3n) is 6.04. The van der Waals surface area contributed by atoms with E-state index in [1.165, 1.54) is 17.7 Å². The number of carbonyl (C=O) groups is 1. The van der Waals surface area contributed by atoms with E-state index in [0.717, 1.165) is 29.2 Å². The van der Waals surface area contributed by atoms with Gasteiger partial charge in [-0.25, -0.2) is 4.39 Å². The molecule has 0 radical (unpaired) electrons. The number of aryl methyl sites for hydroxylation is 1. The van der Waals surface area contributed by atoms with Gasteiger partial charge in [0.15, 0.2) is 12.4 Å². The Hall–Kier alpha value is -3.27. The fraction of sp³-hybridized carbons (Fsp3) is 0.200. The molecule has 4 aromatic rings. The first-order valence-electron chi connectivity index (χ1n) is 10.00. The van der Waals surface area contributed by atoms with Crippen LogP contribution in [0.5, 0.6) is 0 Å². The lowest BCUT2D eigenvalue weighted by Crippen LogP contribution is -2.45. The van der Waals surface area contributed by atoms with Gasteiger partial charge in [-0.2, -0.15) is 4.57 Å². The Morgan fingerprint density at radius 1 is 1.07 bits per heavy atom. The van der Waals surface area contributed by atoms with Crippen molar-refractivity contribution in [3.8, 4) is 0 Å². The molecular formula is C25H22FN2O+. The number of rotatable bonds is 3. The standard InChI is InChI=1S/C25H22FN2O/c1-17(18-5-3-2-4-6-18)28-14-20-11-12-27(15-21(20)16-28)24-10-8-19-7-9-22(26)13-23(19)25(24)29/h2-7,9,11-17,24H,8,10H2,1H3/q+1. The molecule has 0 saturated heterocycles. The van der Waals surface area contributed by atoms with E-state index in [1.54, 1.807) is 6.07 Å². The molecule has 29 heavy (non-hydrogen) atoms.